The number of carbonyl (C=O) groups is 1. The SMILES string of the molecule is CCCC(O)CCCC(C)(CC)C(=O)O. The van der Waals surface area contributed by atoms with Crippen LogP contribution < -0.4 is 0 Å². The van der Waals surface area contributed by atoms with Gasteiger partial charge in [0, 0.05) is 0 Å². The molecule has 0 saturated heterocycles. The molecule has 0 aliphatic carbocycles. The van der Waals surface area contributed by atoms with Gasteiger partial charge >= 0.3 is 5.97 Å². The molecule has 0 rings (SSSR count). The number of aliphatic hydroxyl groups excluding tert-OH is 1. The van der Waals surface area contributed by atoms with E-state index in [0.717, 1.165) is 25.7 Å². The first kappa shape index (κ1) is 14.4. The van der Waals surface area contributed by atoms with Crippen molar-refractivity contribution in [1.82, 2.24) is 0 Å². The maximum Gasteiger partial charge on any atom is 0.309 e. The molecule has 2 atom stereocenters. The summed E-state index contributed by atoms with van der Waals surface area (Å²) in [6.07, 6.45) is 4.34. The quantitative estimate of drug-likeness (QED) is 0.656. The zero-order chi connectivity index (χ0) is 11.9. The fraction of sp³-hybridized carbons (Fsp3) is 0.917. The van der Waals surface area contributed by atoms with E-state index >= 15 is 0 Å². The first-order valence-electron chi connectivity index (χ1n) is 5.87. The maximum atomic E-state index is 11.0. The van der Waals surface area contributed by atoms with Gasteiger partial charge in [0.2, 0.25) is 0 Å². The number of aliphatic carboxylic acids is 1. The highest BCUT2D eigenvalue weighted by Gasteiger charge is 2.30. The van der Waals surface area contributed by atoms with E-state index in [-0.39, 0.29) is 6.10 Å². The second-order valence-electron chi connectivity index (χ2n) is 4.55. The van der Waals surface area contributed by atoms with Crippen molar-refractivity contribution in [2.75, 3.05) is 0 Å². The molecule has 15 heavy (non-hydrogen) atoms. The average Bonchev–Trinajstić information content (AvgIpc) is 2.17. The van der Waals surface area contributed by atoms with Crippen LogP contribution in [0.1, 0.15) is 59.3 Å². The van der Waals surface area contributed by atoms with Crippen LogP contribution in [0.2, 0.25) is 0 Å². The third-order valence-electron chi connectivity index (χ3n) is 3.18. The van der Waals surface area contributed by atoms with Crippen LogP contribution in [0.4, 0.5) is 0 Å². The van der Waals surface area contributed by atoms with E-state index in [1.54, 1.807) is 6.92 Å². The molecule has 3 heteroatoms. The molecule has 0 aliphatic rings. The van der Waals surface area contributed by atoms with Crippen LogP contribution in [0, 0.1) is 5.41 Å². The molecule has 0 heterocycles. The van der Waals surface area contributed by atoms with Crippen molar-refractivity contribution in [1.29, 1.82) is 0 Å². The molecule has 0 fully saturated rings. The first-order chi connectivity index (χ1) is 6.96. The van der Waals surface area contributed by atoms with Crippen molar-refractivity contribution in [3.63, 3.8) is 0 Å². The molecule has 3 nitrogen and oxygen atoms in total. The minimum absolute atomic E-state index is 0.259. The van der Waals surface area contributed by atoms with E-state index in [9.17, 15) is 9.90 Å². The minimum Gasteiger partial charge on any atom is -0.481 e. The largest absolute Gasteiger partial charge is 0.481 e. The predicted octanol–water partition coefficient (Wildman–Crippen LogP) is 2.82. The van der Waals surface area contributed by atoms with Gasteiger partial charge in [0.15, 0.2) is 0 Å². The van der Waals surface area contributed by atoms with Crippen molar-refractivity contribution in [3.05, 3.63) is 0 Å². The van der Waals surface area contributed by atoms with E-state index in [1.807, 2.05) is 13.8 Å². The molecule has 0 bridgehead atoms. The molecular weight excluding hydrogens is 192 g/mol. The second kappa shape index (κ2) is 6.83. The van der Waals surface area contributed by atoms with Crippen LogP contribution in [0.25, 0.3) is 0 Å². The number of hydrogen-bond donors (Lipinski definition) is 2. The van der Waals surface area contributed by atoms with E-state index < -0.39 is 11.4 Å². The molecular formula is C12H24O3. The van der Waals surface area contributed by atoms with E-state index in [4.69, 9.17) is 5.11 Å². The molecule has 0 aromatic rings. The van der Waals surface area contributed by atoms with Gasteiger partial charge in [-0.05, 0) is 39.0 Å². The van der Waals surface area contributed by atoms with E-state index in [2.05, 4.69) is 0 Å². The molecule has 0 aromatic carbocycles. The lowest BCUT2D eigenvalue weighted by atomic mass is 9.82. The summed E-state index contributed by atoms with van der Waals surface area (Å²) >= 11 is 0. The number of rotatable bonds is 8. The molecule has 2 N–H and O–H groups in total. The summed E-state index contributed by atoms with van der Waals surface area (Å²) in [7, 11) is 0. The van der Waals surface area contributed by atoms with Crippen LogP contribution in [0.3, 0.4) is 0 Å². The van der Waals surface area contributed by atoms with Gasteiger partial charge in [0.1, 0.15) is 0 Å². The number of hydrogen-bond acceptors (Lipinski definition) is 2. The highest BCUT2D eigenvalue weighted by Crippen LogP contribution is 2.28. The zero-order valence-electron chi connectivity index (χ0n) is 10.1. The van der Waals surface area contributed by atoms with Crippen LogP contribution >= 0.6 is 0 Å². The first-order valence-corrected chi connectivity index (χ1v) is 5.87. The molecule has 0 spiro atoms. The summed E-state index contributed by atoms with van der Waals surface area (Å²) in [4.78, 5) is 11.0. The molecule has 0 aliphatic heterocycles. The van der Waals surface area contributed by atoms with Gasteiger partial charge in [-0.15, -0.1) is 0 Å². The standard InChI is InChI=1S/C12H24O3/c1-4-7-10(13)8-6-9-12(3,5-2)11(14)15/h10,13H,4-9H2,1-3H3,(H,14,15). The fourth-order valence-electron chi connectivity index (χ4n) is 1.64. The lowest BCUT2D eigenvalue weighted by Gasteiger charge is -2.23. The van der Waals surface area contributed by atoms with Crippen molar-refractivity contribution < 1.29 is 15.0 Å². The Hall–Kier alpha value is -0.570. The molecule has 0 radical (unpaired) electrons. The van der Waals surface area contributed by atoms with Gasteiger partial charge in [-0.1, -0.05) is 20.3 Å². The summed E-state index contributed by atoms with van der Waals surface area (Å²) in [6, 6.07) is 0. The van der Waals surface area contributed by atoms with Gasteiger partial charge in [-0.3, -0.25) is 4.79 Å². The van der Waals surface area contributed by atoms with E-state index in [1.165, 1.54) is 0 Å². The Balaban J connectivity index is 3.87. The third-order valence-corrected chi connectivity index (χ3v) is 3.18. The lowest BCUT2D eigenvalue weighted by Crippen LogP contribution is -2.26. The van der Waals surface area contributed by atoms with Gasteiger partial charge in [0.05, 0.1) is 11.5 Å². The highest BCUT2D eigenvalue weighted by molar-refractivity contribution is 5.73. The van der Waals surface area contributed by atoms with Gasteiger partial charge in [0.25, 0.3) is 0 Å². The van der Waals surface area contributed by atoms with E-state index in [0.29, 0.717) is 12.8 Å². The average molecular weight is 216 g/mol. The highest BCUT2D eigenvalue weighted by atomic mass is 16.4. The predicted molar refractivity (Wildman–Crippen MR) is 60.8 cm³/mol. The molecule has 2 unspecified atom stereocenters. The Bertz CT molecular complexity index is 191. The normalized spacial score (nSPS) is 17.1. The topological polar surface area (TPSA) is 57.5 Å². The molecule has 0 aromatic heterocycles. The van der Waals surface area contributed by atoms with Crippen LogP contribution in [0.15, 0.2) is 0 Å². The number of carboxylic acids is 1. The minimum atomic E-state index is -0.727. The summed E-state index contributed by atoms with van der Waals surface area (Å²) in [6.45, 7) is 5.72. The van der Waals surface area contributed by atoms with Gasteiger partial charge in [-0.25, -0.2) is 0 Å². The Morgan fingerprint density at radius 2 is 1.93 bits per heavy atom. The zero-order valence-corrected chi connectivity index (χ0v) is 10.1. The third kappa shape index (κ3) is 5.17. The van der Waals surface area contributed by atoms with Crippen LogP contribution in [-0.2, 0) is 4.79 Å². The smallest absolute Gasteiger partial charge is 0.309 e. The van der Waals surface area contributed by atoms with Crippen LogP contribution in [-0.4, -0.2) is 22.3 Å². The summed E-state index contributed by atoms with van der Waals surface area (Å²) in [5.41, 5.74) is -0.619. The molecule has 0 saturated carbocycles. The second-order valence-corrected chi connectivity index (χ2v) is 4.55. The lowest BCUT2D eigenvalue weighted by molar-refractivity contribution is -0.148. The maximum absolute atomic E-state index is 11.0. The Morgan fingerprint density at radius 1 is 1.33 bits per heavy atom. The Labute approximate surface area is 92.5 Å². The van der Waals surface area contributed by atoms with Crippen LogP contribution in [0.5, 0.6) is 0 Å². The Morgan fingerprint density at radius 3 is 2.33 bits per heavy atom. The fourth-order valence-corrected chi connectivity index (χ4v) is 1.64. The van der Waals surface area contributed by atoms with Crippen molar-refractivity contribution >= 4 is 5.97 Å². The molecule has 90 valence electrons. The van der Waals surface area contributed by atoms with Crippen molar-refractivity contribution in [2.45, 2.75) is 65.4 Å². The summed E-state index contributed by atoms with van der Waals surface area (Å²) < 4.78 is 0. The summed E-state index contributed by atoms with van der Waals surface area (Å²) in [5.74, 6) is -0.727. The number of aliphatic hydroxyl groups is 1. The monoisotopic (exact) mass is 216 g/mol. The summed E-state index contributed by atoms with van der Waals surface area (Å²) in [5, 5.41) is 18.5. The number of carboxylic acid groups (broad SMARTS) is 1. The Kier molecular flexibility index (Phi) is 6.57. The molecule has 0 amide bonds. The van der Waals surface area contributed by atoms with Gasteiger partial charge < -0.3 is 10.2 Å². The van der Waals surface area contributed by atoms with Gasteiger partial charge in [-0.2, -0.15) is 0 Å². The van der Waals surface area contributed by atoms with Crippen molar-refractivity contribution in [3.8, 4) is 0 Å². The van der Waals surface area contributed by atoms with Crippen molar-refractivity contribution in [2.24, 2.45) is 5.41 Å².